The Bertz CT molecular complexity index is 1410. The molecule has 2 aromatic carbocycles. The number of hydrogen-bond acceptors (Lipinski definition) is 5. The molecule has 1 aliphatic heterocycles. The van der Waals surface area contributed by atoms with Crippen molar-refractivity contribution in [3.8, 4) is 11.3 Å². The first kappa shape index (κ1) is 20.5. The Hall–Kier alpha value is -3.36. The summed E-state index contributed by atoms with van der Waals surface area (Å²) in [7, 11) is 0. The predicted octanol–water partition coefficient (Wildman–Crippen LogP) is 5.23. The lowest BCUT2D eigenvalue weighted by Crippen LogP contribution is -2.30. The third-order valence-electron chi connectivity index (χ3n) is 5.12. The molecule has 0 saturated carbocycles. The zero-order chi connectivity index (χ0) is 22.1. The van der Waals surface area contributed by atoms with Gasteiger partial charge in [0.15, 0.2) is 5.71 Å². The molecule has 6 nitrogen and oxygen atoms in total. The topological polar surface area (TPSA) is 62.9 Å². The Morgan fingerprint density at radius 3 is 2.56 bits per heavy atom. The average Bonchev–Trinajstić information content (AvgIpc) is 3.33. The summed E-state index contributed by atoms with van der Waals surface area (Å²) in [5, 5.41) is 6.87. The number of benzene rings is 2. The van der Waals surface area contributed by atoms with Crippen molar-refractivity contribution in [3.05, 3.63) is 93.3 Å². The zero-order valence-corrected chi connectivity index (χ0v) is 19.5. The summed E-state index contributed by atoms with van der Waals surface area (Å²) in [5.74, 6) is -0.113. The van der Waals surface area contributed by atoms with Gasteiger partial charge < -0.3 is 4.90 Å². The van der Waals surface area contributed by atoms with E-state index in [1.807, 2.05) is 73.0 Å². The van der Waals surface area contributed by atoms with E-state index in [-0.39, 0.29) is 5.91 Å². The molecule has 0 spiro atoms. The molecule has 0 radical (unpaired) electrons. The minimum absolute atomic E-state index is 0.113. The van der Waals surface area contributed by atoms with Crippen molar-refractivity contribution in [3.63, 3.8) is 0 Å². The number of carbonyl (C=O) groups is 1. The van der Waals surface area contributed by atoms with E-state index in [0.717, 1.165) is 32.7 Å². The van der Waals surface area contributed by atoms with Gasteiger partial charge in [-0.2, -0.15) is 5.10 Å². The Balaban J connectivity index is 1.76. The van der Waals surface area contributed by atoms with E-state index in [1.54, 1.807) is 22.0 Å². The van der Waals surface area contributed by atoms with Crippen LogP contribution in [0.2, 0.25) is 0 Å². The van der Waals surface area contributed by atoms with E-state index >= 15 is 0 Å². The van der Waals surface area contributed by atoms with Crippen molar-refractivity contribution in [2.75, 3.05) is 11.4 Å². The van der Waals surface area contributed by atoms with Crippen molar-refractivity contribution < 1.29 is 4.79 Å². The van der Waals surface area contributed by atoms with Crippen LogP contribution in [0, 0.1) is 0 Å². The summed E-state index contributed by atoms with van der Waals surface area (Å²) in [6, 6.07) is 19.4. The number of halogens is 1. The normalized spacial score (nSPS) is 14.9. The van der Waals surface area contributed by atoms with Gasteiger partial charge in [0.25, 0.3) is 5.91 Å². The Kier molecular flexibility index (Phi) is 5.55. The molecule has 0 aliphatic carbocycles. The first-order valence-electron chi connectivity index (χ1n) is 10.1. The Labute approximate surface area is 197 Å². The van der Waals surface area contributed by atoms with Crippen molar-refractivity contribution in [2.45, 2.75) is 6.92 Å². The fourth-order valence-electron chi connectivity index (χ4n) is 3.63. The number of nitrogens with zero attached hydrogens (tertiary/aromatic N) is 5. The highest BCUT2D eigenvalue weighted by Crippen LogP contribution is 2.31. The fourth-order valence-corrected chi connectivity index (χ4v) is 4.96. The van der Waals surface area contributed by atoms with E-state index < -0.39 is 0 Å². The van der Waals surface area contributed by atoms with Crippen LogP contribution in [0.25, 0.3) is 11.3 Å². The lowest BCUT2D eigenvalue weighted by atomic mass is 10.1. The van der Waals surface area contributed by atoms with Crippen LogP contribution in [0.4, 0.5) is 11.4 Å². The molecule has 3 heterocycles. The van der Waals surface area contributed by atoms with Crippen LogP contribution >= 0.6 is 27.3 Å². The van der Waals surface area contributed by atoms with E-state index in [2.05, 4.69) is 20.9 Å². The summed E-state index contributed by atoms with van der Waals surface area (Å²) in [6.07, 6.45) is 3.41. The lowest BCUT2D eigenvalue weighted by Gasteiger charge is -2.13. The number of hydrogen-bond donors (Lipinski definition) is 0. The second kappa shape index (κ2) is 8.64. The molecular formula is C24H18BrN5OS. The molecule has 5 rings (SSSR count). The van der Waals surface area contributed by atoms with Crippen LogP contribution in [0.15, 0.2) is 93.0 Å². The molecule has 1 amide bonds. The Morgan fingerprint density at radius 1 is 1.03 bits per heavy atom. The number of pyridine rings is 1. The number of amides is 1. The van der Waals surface area contributed by atoms with E-state index in [9.17, 15) is 4.79 Å². The second-order valence-electron chi connectivity index (χ2n) is 7.03. The zero-order valence-electron chi connectivity index (χ0n) is 17.1. The number of likely N-dealkylation sites (N-methyl/N-ethyl adjacent to an activating group) is 1. The maximum absolute atomic E-state index is 13.2. The third kappa shape index (κ3) is 3.61. The number of aromatic nitrogens is 2. The molecule has 8 heteroatoms. The summed E-state index contributed by atoms with van der Waals surface area (Å²) >= 11 is 5.10. The summed E-state index contributed by atoms with van der Waals surface area (Å²) in [4.78, 5) is 24.5. The molecule has 0 fully saturated rings. The fraction of sp³-hybridized carbons (Fsp3) is 0.0833. The highest BCUT2D eigenvalue weighted by Gasteiger charge is 2.33. The smallest absolute Gasteiger partial charge is 0.279 e. The summed E-state index contributed by atoms with van der Waals surface area (Å²) in [6.45, 7) is 2.54. The van der Waals surface area contributed by atoms with Crippen LogP contribution < -0.4 is 9.70 Å². The van der Waals surface area contributed by atoms with E-state index in [1.165, 1.54) is 11.3 Å². The second-order valence-corrected chi connectivity index (χ2v) is 8.72. The van der Waals surface area contributed by atoms with Crippen LogP contribution in [-0.4, -0.2) is 27.8 Å². The molecule has 0 unspecified atom stereocenters. The van der Waals surface area contributed by atoms with Crippen LogP contribution in [0.3, 0.4) is 0 Å². The molecule has 0 saturated heterocycles. The van der Waals surface area contributed by atoms with Gasteiger partial charge in [-0.3, -0.25) is 9.78 Å². The van der Waals surface area contributed by atoms with Gasteiger partial charge in [0, 0.05) is 33.7 Å². The van der Waals surface area contributed by atoms with Gasteiger partial charge in [-0.25, -0.2) is 9.67 Å². The van der Waals surface area contributed by atoms with E-state index in [0.29, 0.717) is 17.1 Å². The highest BCUT2D eigenvalue weighted by molar-refractivity contribution is 9.10. The van der Waals surface area contributed by atoms with Gasteiger partial charge in [0.05, 0.1) is 23.3 Å². The number of rotatable bonds is 4. The monoisotopic (exact) mass is 503 g/mol. The lowest BCUT2D eigenvalue weighted by molar-refractivity contribution is -0.112. The number of para-hydroxylation sites is 1. The molecule has 0 bridgehead atoms. The minimum atomic E-state index is -0.113. The van der Waals surface area contributed by atoms with Crippen LogP contribution in [-0.2, 0) is 4.79 Å². The van der Waals surface area contributed by atoms with Crippen molar-refractivity contribution in [2.24, 2.45) is 10.1 Å². The first-order chi connectivity index (χ1) is 15.7. The third-order valence-corrected chi connectivity index (χ3v) is 6.63. The predicted molar refractivity (Wildman–Crippen MR) is 131 cm³/mol. The van der Waals surface area contributed by atoms with E-state index in [4.69, 9.17) is 10.1 Å². The van der Waals surface area contributed by atoms with Crippen LogP contribution in [0.5, 0.6) is 0 Å². The summed E-state index contributed by atoms with van der Waals surface area (Å²) in [5.41, 5.74) is 4.63. The molecular weight excluding hydrogens is 486 g/mol. The maximum atomic E-state index is 13.2. The first-order valence-corrected chi connectivity index (χ1v) is 11.7. The largest absolute Gasteiger partial charge is 0.307 e. The average molecular weight is 504 g/mol. The number of carbonyl (C=O) groups excluding carboxylic acids is 1. The highest BCUT2D eigenvalue weighted by atomic mass is 79.9. The molecule has 0 atom stereocenters. The SMILES string of the molecule is CCN1C(=O)C(=Nn2c(-c3ccccc3Br)csc2=Nc2cccnc2)c2ccccc21. The van der Waals surface area contributed by atoms with Gasteiger partial charge in [0.2, 0.25) is 4.80 Å². The standard InChI is InChI=1S/C24H18BrN5OS/c1-2-29-20-12-6-4-10-18(20)22(23(29)31)28-30-21(17-9-3-5-11-19(17)25)15-32-24(30)27-16-8-7-13-26-14-16/h3-15H,2H2,1H3. The number of thiazole rings is 1. The molecule has 2 aromatic heterocycles. The van der Waals surface area contributed by atoms with Gasteiger partial charge in [0.1, 0.15) is 0 Å². The minimum Gasteiger partial charge on any atom is -0.307 e. The molecule has 158 valence electrons. The van der Waals surface area contributed by atoms with Gasteiger partial charge >= 0.3 is 0 Å². The van der Waals surface area contributed by atoms with Crippen molar-refractivity contribution in [1.29, 1.82) is 0 Å². The maximum Gasteiger partial charge on any atom is 0.279 e. The quantitative estimate of drug-likeness (QED) is 0.382. The van der Waals surface area contributed by atoms with Gasteiger partial charge in [-0.1, -0.05) is 52.3 Å². The molecule has 32 heavy (non-hydrogen) atoms. The van der Waals surface area contributed by atoms with Crippen molar-refractivity contribution in [1.82, 2.24) is 9.66 Å². The molecule has 1 aliphatic rings. The van der Waals surface area contributed by atoms with Gasteiger partial charge in [-0.15, -0.1) is 11.3 Å². The van der Waals surface area contributed by atoms with Crippen LogP contribution in [0.1, 0.15) is 12.5 Å². The van der Waals surface area contributed by atoms with Crippen molar-refractivity contribution >= 4 is 50.3 Å². The molecule has 0 N–H and O–H groups in total. The van der Waals surface area contributed by atoms with Gasteiger partial charge in [-0.05, 0) is 31.2 Å². The number of fused-ring (bicyclic) bond motifs is 1. The number of anilines is 1. The summed E-state index contributed by atoms with van der Waals surface area (Å²) < 4.78 is 2.69. The Morgan fingerprint density at radius 2 is 1.81 bits per heavy atom. The molecule has 4 aromatic rings.